The summed E-state index contributed by atoms with van der Waals surface area (Å²) in [6.45, 7) is 1.07. The number of benzene rings is 1. The summed E-state index contributed by atoms with van der Waals surface area (Å²) in [7, 11) is 0. The molecule has 130 valence electrons. The first-order valence-electron chi connectivity index (χ1n) is 8.82. The van der Waals surface area contributed by atoms with Crippen LogP contribution in [0.25, 0.3) is 0 Å². The minimum Gasteiger partial charge on any atom is -0.360 e. The standard InChI is InChI=1S/C19H21N3O3/c23-18(20-15-6-2-1-3-7-15)14-5-4-10-22(12-14)19(24)16-11-17(25-21-16)13-8-9-13/h1-3,6-7,11,13-14H,4-5,8-10,12H2,(H,20,23). The molecule has 1 aromatic carbocycles. The number of nitrogens with zero attached hydrogens (tertiary/aromatic N) is 2. The van der Waals surface area contributed by atoms with Crippen molar-refractivity contribution in [3.63, 3.8) is 0 Å². The Balaban J connectivity index is 1.39. The number of piperidine rings is 1. The molecule has 1 aromatic heterocycles. The average molecular weight is 339 g/mol. The maximum Gasteiger partial charge on any atom is 0.276 e. The topological polar surface area (TPSA) is 75.4 Å². The van der Waals surface area contributed by atoms with E-state index in [9.17, 15) is 9.59 Å². The number of para-hydroxylation sites is 1. The first-order chi connectivity index (χ1) is 12.2. The molecule has 1 saturated carbocycles. The molecule has 1 unspecified atom stereocenters. The summed E-state index contributed by atoms with van der Waals surface area (Å²) >= 11 is 0. The van der Waals surface area contributed by atoms with Gasteiger partial charge in [0, 0.05) is 30.8 Å². The molecule has 1 saturated heterocycles. The van der Waals surface area contributed by atoms with Crippen LogP contribution in [0, 0.1) is 5.92 Å². The second kappa shape index (κ2) is 6.70. The van der Waals surface area contributed by atoms with Gasteiger partial charge in [0.15, 0.2) is 5.69 Å². The molecule has 0 bridgehead atoms. The Hall–Kier alpha value is -2.63. The molecule has 0 spiro atoms. The second-order valence-electron chi connectivity index (χ2n) is 6.83. The number of hydrogen-bond donors (Lipinski definition) is 1. The van der Waals surface area contributed by atoms with E-state index in [1.54, 1.807) is 11.0 Å². The highest BCUT2D eigenvalue weighted by Crippen LogP contribution is 2.40. The van der Waals surface area contributed by atoms with Crippen LogP contribution in [0.15, 0.2) is 40.9 Å². The van der Waals surface area contributed by atoms with Gasteiger partial charge in [-0.2, -0.15) is 0 Å². The van der Waals surface area contributed by atoms with Crippen LogP contribution in [-0.2, 0) is 4.79 Å². The molecule has 2 heterocycles. The number of carbonyl (C=O) groups is 2. The van der Waals surface area contributed by atoms with Gasteiger partial charge in [0.1, 0.15) is 5.76 Å². The molecule has 1 aliphatic heterocycles. The summed E-state index contributed by atoms with van der Waals surface area (Å²) in [6, 6.07) is 11.2. The van der Waals surface area contributed by atoms with Crippen LogP contribution >= 0.6 is 0 Å². The molecular formula is C19H21N3O3. The second-order valence-corrected chi connectivity index (χ2v) is 6.83. The largest absolute Gasteiger partial charge is 0.360 e. The lowest BCUT2D eigenvalue weighted by Crippen LogP contribution is -2.43. The molecule has 2 aromatic rings. The number of rotatable bonds is 4. The smallest absolute Gasteiger partial charge is 0.276 e. The van der Waals surface area contributed by atoms with E-state index < -0.39 is 0 Å². The quantitative estimate of drug-likeness (QED) is 0.929. The Kier molecular flexibility index (Phi) is 4.26. The number of aromatic nitrogens is 1. The van der Waals surface area contributed by atoms with Gasteiger partial charge in [-0.3, -0.25) is 9.59 Å². The third kappa shape index (κ3) is 3.57. The van der Waals surface area contributed by atoms with Crippen LogP contribution in [0.3, 0.4) is 0 Å². The fraction of sp³-hybridized carbons (Fsp3) is 0.421. The van der Waals surface area contributed by atoms with Crippen LogP contribution in [-0.4, -0.2) is 35.0 Å². The Morgan fingerprint density at radius 3 is 2.72 bits per heavy atom. The minimum absolute atomic E-state index is 0.0393. The Morgan fingerprint density at radius 1 is 1.16 bits per heavy atom. The van der Waals surface area contributed by atoms with Gasteiger partial charge in [-0.1, -0.05) is 23.4 Å². The predicted molar refractivity (Wildman–Crippen MR) is 92.2 cm³/mol. The minimum atomic E-state index is -0.201. The number of likely N-dealkylation sites (tertiary alicyclic amines) is 1. The molecule has 1 atom stereocenters. The predicted octanol–water partition coefficient (Wildman–Crippen LogP) is 3.04. The first kappa shape index (κ1) is 15.9. The van der Waals surface area contributed by atoms with E-state index in [0.717, 1.165) is 37.1 Å². The fourth-order valence-electron chi connectivity index (χ4n) is 3.25. The van der Waals surface area contributed by atoms with E-state index in [1.165, 1.54) is 0 Å². The lowest BCUT2D eigenvalue weighted by molar-refractivity contribution is -0.121. The summed E-state index contributed by atoms with van der Waals surface area (Å²) < 4.78 is 5.28. The van der Waals surface area contributed by atoms with Gasteiger partial charge in [0.25, 0.3) is 5.91 Å². The maximum atomic E-state index is 12.7. The van der Waals surface area contributed by atoms with Gasteiger partial charge in [-0.25, -0.2) is 0 Å². The van der Waals surface area contributed by atoms with Crippen LogP contribution in [0.2, 0.25) is 0 Å². The highest BCUT2D eigenvalue weighted by molar-refractivity contribution is 5.95. The third-order valence-corrected chi connectivity index (χ3v) is 4.85. The lowest BCUT2D eigenvalue weighted by atomic mass is 9.96. The van der Waals surface area contributed by atoms with E-state index in [0.29, 0.717) is 24.7 Å². The normalized spacial score (nSPS) is 20.3. The molecular weight excluding hydrogens is 318 g/mol. The Bertz CT molecular complexity index is 767. The summed E-state index contributed by atoms with van der Waals surface area (Å²) in [5.74, 6) is 0.849. The number of carbonyl (C=O) groups excluding carboxylic acids is 2. The molecule has 0 radical (unpaired) electrons. The van der Waals surface area contributed by atoms with E-state index in [4.69, 9.17) is 4.52 Å². The molecule has 2 amide bonds. The van der Waals surface area contributed by atoms with Crippen molar-refractivity contribution >= 4 is 17.5 Å². The zero-order valence-corrected chi connectivity index (χ0v) is 14.0. The lowest BCUT2D eigenvalue weighted by Gasteiger charge is -2.31. The zero-order chi connectivity index (χ0) is 17.2. The van der Waals surface area contributed by atoms with Crippen molar-refractivity contribution < 1.29 is 14.1 Å². The summed E-state index contributed by atoms with van der Waals surface area (Å²) in [6.07, 6.45) is 3.81. The monoisotopic (exact) mass is 339 g/mol. The molecule has 25 heavy (non-hydrogen) atoms. The van der Waals surface area contributed by atoms with Crippen LogP contribution < -0.4 is 5.32 Å². The Morgan fingerprint density at radius 2 is 1.96 bits per heavy atom. The molecule has 2 aliphatic rings. The Labute approximate surface area is 146 Å². The van der Waals surface area contributed by atoms with E-state index in [-0.39, 0.29) is 17.7 Å². The van der Waals surface area contributed by atoms with Crippen molar-refractivity contribution in [1.82, 2.24) is 10.1 Å². The van der Waals surface area contributed by atoms with Gasteiger partial charge < -0.3 is 14.7 Å². The number of anilines is 1. The number of nitrogens with one attached hydrogen (secondary N) is 1. The van der Waals surface area contributed by atoms with Gasteiger partial charge in [-0.15, -0.1) is 0 Å². The van der Waals surface area contributed by atoms with Crippen molar-refractivity contribution in [2.45, 2.75) is 31.6 Å². The third-order valence-electron chi connectivity index (χ3n) is 4.85. The SMILES string of the molecule is O=C(Nc1ccccc1)C1CCCN(C(=O)c2cc(C3CC3)on2)C1. The fourth-order valence-corrected chi connectivity index (χ4v) is 3.25. The van der Waals surface area contributed by atoms with E-state index >= 15 is 0 Å². The highest BCUT2D eigenvalue weighted by atomic mass is 16.5. The molecule has 6 nitrogen and oxygen atoms in total. The molecule has 1 aliphatic carbocycles. The zero-order valence-electron chi connectivity index (χ0n) is 14.0. The van der Waals surface area contributed by atoms with Crippen molar-refractivity contribution in [2.24, 2.45) is 5.92 Å². The van der Waals surface area contributed by atoms with Crippen molar-refractivity contribution in [1.29, 1.82) is 0 Å². The van der Waals surface area contributed by atoms with Gasteiger partial charge >= 0.3 is 0 Å². The number of hydrogen-bond acceptors (Lipinski definition) is 4. The van der Waals surface area contributed by atoms with Crippen LogP contribution in [0.5, 0.6) is 0 Å². The van der Waals surface area contributed by atoms with Gasteiger partial charge in [0.05, 0.1) is 5.92 Å². The van der Waals surface area contributed by atoms with Crippen molar-refractivity contribution in [2.75, 3.05) is 18.4 Å². The first-order valence-corrected chi connectivity index (χ1v) is 8.82. The summed E-state index contributed by atoms with van der Waals surface area (Å²) in [4.78, 5) is 26.9. The van der Waals surface area contributed by atoms with Gasteiger partial charge in [-0.05, 0) is 37.8 Å². The number of amides is 2. The van der Waals surface area contributed by atoms with Crippen LogP contribution in [0.4, 0.5) is 5.69 Å². The molecule has 4 rings (SSSR count). The average Bonchev–Trinajstić information content (AvgIpc) is 3.39. The maximum absolute atomic E-state index is 12.7. The van der Waals surface area contributed by atoms with E-state index in [1.807, 2.05) is 30.3 Å². The van der Waals surface area contributed by atoms with E-state index in [2.05, 4.69) is 10.5 Å². The van der Waals surface area contributed by atoms with Gasteiger partial charge in [0.2, 0.25) is 5.91 Å². The summed E-state index contributed by atoms with van der Waals surface area (Å²) in [5.41, 5.74) is 1.13. The molecule has 2 fully saturated rings. The molecule has 6 heteroatoms. The highest BCUT2D eigenvalue weighted by Gasteiger charge is 2.32. The summed E-state index contributed by atoms with van der Waals surface area (Å²) in [5, 5.41) is 6.85. The molecule has 1 N–H and O–H groups in total. The van der Waals surface area contributed by atoms with Crippen molar-refractivity contribution in [3.8, 4) is 0 Å². The van der Waals surface area contributed by atoms with Crippen LogP contribution in [0.1, 0.15) is 47.8 Å². The van der Waals surface area contributed by atoms with Crippen molar-refractivity contribution in [3.05, 3.63) is 47.9 Å².